The number of aromatic nitrogens is 1. The van der Waals surface area contributed by atoms with Gasteiger partial charge in [0.05, 0.1) is 11.8 Å². The molecule has 1 amide bonds. The minimum absolute atomic E-state index is 0.270. The Balaban J connectivity index is 1.94. The van der Waals surface area contributed by atoms with Gasteiger partial charge >= 0.3 is 0 Å². The normalized spacial score (nSPS) is 10.8. The number of carbonyl (C=O) groups is 1. The molecule has 0 unspecified atom stereocenters. The molecule has 126 valence electrons. The molecule has 5 heteroatoms. The van der Waals surface area contributed by atoms with Crippen molar-refractivity contribution in [2.45, 2.75) is 26.7 Å². The van der Waals surface area contributed by atoms with E-state index in [0.717, 1.165) is 31.5 Å². The van der Waals surface area contributed by atoms with E-state index in [-0.39, 0.29) is 5.91 Å². The van der Waals surface area contributed by atoms with Crippen LogP contribution < -0.4 is 10.3 Å². The summed E-state index contributed by atoms with van der Waals surface area (Å²) in [5.74, 6) is -0.270. The predicted molar refractivity (Wildman–Crippen MR) is 98.5 cm³/mol. The van der Waals surface area contributed by atoms with Crippen LogP contribution in [0.25, 0.3) is 0 Å². The van der Waals surface area contributed by atoms with Crippen molar-refractivity contribution in [3.05, 3.63) is 59.9 Å². The minimum Gasteiger partial charge on any atom is -0.372 e. The summed E-state index contributed by atoms with van der Waals surface area (Å²) in [5.41, 5.74) is 5.15. The fraction of sp³-hybridized carbons (Fsp3) is 0.316. The van der Waals surface area contributed by atoms with Crippen LogP contribution in [0.15, 0.2) is 53.9 Å². The highest BCUT2D eigenvalue weighted by molar-refractivity contribution is 5.94. The van der Waals surface area contributed by atoms with Crippen LogP contribution in [-0.4, -0.2) is 30.2 Å². The van der Waals surface area contributed by atoms with E-state index < -0.39 is 0 Å². The van der Waals surface area contributed by atoms with Crippen molar-refractivity contribution in [3.63, 3.8) is 0 Å². The molecule has 0 radical (unpaired) electrons. The van der Waals surface area contributed by atoms with Crippen molar-refractivity contribution < 1.29 is 4.79 Å². The third-order valence-electron chi connectivity index (χ3n) is 3.55. The van der Waals surface area contributed by atoms with Gasteiger partial charge in [-0.25, -0.2) is 5.43 Å². The number of nitrogens with zero attached hydrogens (tertiary/aromatic N) is 3. The van der Waals surface area contributed by atoms with Crippen molar-refractivity contribution >= 4 is 17.8 Å². The number of hydrazone groups is 1. The van der Waals surface area contributed by atoms with Crippen molar-refractivity contribution in [3.8, 4) is 0 Å². The van der Waals surface area contributed by atoms with Crippen LogP contribution in [-0.2, 0) is 0 Å². The molecule has 1 aromatic carbocycles. The maximum absolute atomic E-state index is 11.9. The molecule has 0 saturated heterocycles. The highest BCUT2D eigenvalue weighted by Gasteiger charge is 2.04. The lowest BCUT2D eigenvalue weighted by molar-refractivity contribution is 0.0955. The Morgan fingerprint density at radius 2 is 1.88 bits per heavy atom. The van der Waals surface area contributed by atoms with Gasteiger partial charge in [0.1, 0.15) is 0 Å². The number of nitrogens with one attached hydrogen (secondary N) is 1. The first-order valence-corrected chi connectivity index (χ1v) is 8.33. The Labute approximate surface area is 143 Å². The molecule has 5 nitrogen and oxygen atoms in total. The zero-order valence-corrected chi connectivity index (χ0v) is 14.3. The zero-order valence-electron chi connectivity index (χ0n) is 14.3. The second kappa shape index (κ2) is 9.45. The topological polar surface area (TPSA) is 57.6 Å². The Morgan fingerprint density at radius 3 is 2.46 bits per heavy atom. The van der Waals surface area contributed by atoms with Crippen molar-refractivity contribution in [1.82, 2.24) is 10.4 Å². The first-order chi connectivity index (χ1) is 11.7. The Morgan fingerprint density at radius 1 is 1.17 bits per heavy atom. The number of benzene rings is 1. The second-order valence-corrected chi connectivity index (χ2v) is 5.52. The van der Waals surface area contributed by atoms with E-state index in [9.17, 15) is 4.79 Å². The molecule has 0 aliphatic rings. The molecule has 2 rings (SSSR count). The molecule has 0 aliphatic carbocycles. The molecule has 0 aliphatic heterocycles. The van der Waals surface area contributed by atoms with Crippen LogP contribution in [0.5, 0.6) is 0 Å². The molecule has 0 bridgehead atoms. The molecule has 1 heterocycles. The summed E-state index contributed by atoms with van der Waals surface area (Å²) >= 11 is 0. The number of pyridine rings is 1. The fourth-order valence-electron chi connectivity index (χ4n) is 2.41. The first kappa shape index (κ1) is 17.7. The number of amides is 1. The van der Waals surface area contributed by atoms with E-state index in [1.165, 1.54) is 11.9 Å². The second-order valence-electron chi connectivity index (χ2n) is 5.52. The van der Waals surface area contributed by atoms with Gasteiger partial charge in [-0.1, -0.05) is 26.0 Å². The van der Waals surface area contributed by atoms with E-state index in [4.69, 9.17) is 0 Å². The van der Waals surface area contributed by atoms with Crippen LogP contribution in [0.2, 0.25) is 0 Å². The van der Waals surface area contributed by atoms with E-state index in [2.05, 4.69) is 46.4 Å². The summed E-state index contributed by atoms with van der Waals surface area (Å²) in [7, 11) is 0. The molecule has 2 aromatic rings. The summed E-state index contributed by atoms with van der Waals surface area (Å²) in [6, 6.07) is 11.6. The molecule has 1 aromatic heterocycles. The van der Waals surface area contributed by atoms with E-state index in [0.29, 0.717) is 5.56 Å². The van der Waals surface area contributed by atoms with Crippen molar-refractivity contribution in [2.24, 2.45) is 5.10 Å². The van der Waals surface area contributed by atoms with Crippen LogP contribution in [0.1, 0.15) is 42.6 Å². The maximum atomic E-state index is 11.9. The number of carbonyl (C=O) groups excluding carboxylic acids is 1. The fourth-order valence-corrected chi connectivity index (χ4v) is 2.41. The summed E-state index contributed by atoms with van der Waals surface area (Å²) in [5, 5.41) is 4.00. The molecular weight excluding hydrogens is 300 g/mol. The summed E-state index contributed by atoms with van der Waals surface area (Å²) in [6.07, 6.45) is 7.03. The molecule has 0 saturated carbocycles. The molecule has 0 spiro atoms. The molecule has 1 N–H and O–H groups in total. The molecule has 24 heavy (non-hydrogen) atoms. The van der Waals surface area contributed by atoms with Crippen molar-refractivity contribution in [1.29, 1.82) is 0 Å². The quantitative estimate of drug-likeness (QED) is 0.597. The van der Waals surface area contributed by atoms with Crippen molar-refractivity contribution in [2.75, 3.05) is 18.0 Å². The van der Waals surface area contributed by atoms with Crippen LogP contribution in [0.4, 0.5) is 5.69 Å². The Bertz CT molecular complexity index is 647. The summed E-state index contributed by atoms with van der Waals surface area (Å²) < 4.78 is 0. The Hall–Kier alpha value is -2.69. The van der Waals surface area contributed by atoms with E-state index >= 15 is 0 Å². The van der Waals surface area contributed by atoms with Crippen LogP contribution in [0.3, 0.4) is 0 Å². The SMILES string of the molecule is CCCN(CCC)c1ccc(/C=N\NC(=O)c2cccnc2)cc1. The average molecular weight is 324 g/mol. The molecule has 0 atom stereocenters. The standard InChI is InChI=1S/C19H24N4O/c1-3-12-23(13-4-2)18-9-7-16(8-10-18)14-21-22-19(24)17-6-5-11-20-15-17/h5-11,14-15H,3-4,12-13H2,1-2H3,(H,22,24)/b21-14-. The largest absolute Gasteiger partial charge is 0.372 e. The van der Waals surface area contributed by atoms with Gasteiger partial charge < -0.3 is 4.90 Å². The average Bonchev–Trinajstić information content (AvgIpc) is 2.63. The maximum Gasteiger partial charge on any atom is 0.272 e. The third kappa shape index (κ3) is 5.19. The van der Waals surface area contributed by atoms with E-state index in [1.807, 2.05) is 12.1 Å². The number of hydrogen-bond acceptors (Lipinski definition) is 4. The van der Waals surface area contributed by atoms with Gasteiger partial charge in [0.2, 0.25) is 0 Å². The number of anilines is 1. The van der Waals surface area contributed by atoms with Gasteiger partial charge in [0.25, 0.3) is 5.91 Å². The summed E-state index contributed by atoms with van der Waals surface area (Å²) in [6.45, 7) is 6.49. The van der Waals surface area contributed by atoms with Gasteiger partial charge in [-0.3, -0.25) is 9.78 Å². The highest BCUT2D eigenvalue weighted by atomic mass is 16.2. The van der Waals surface area contributed by atoms with E-state index in [1.54, 1.807) is 24.5 Å². The summed E-state index contributed by atoms with van der Waals surface area (Å²) in [4.78, 5) is 18.1. The van der Waals surface area contributed by atoms with Gasteiger partial charge in [0.15, 0.2) is 0 Å². The van der Waals surface area contributed by atoms with Gasteiger partial charge in [0, 0.05) is 31.2 Å². The smallest absolute Gasteiger partial charge is 0.272 e. The monoisotopic (exact) mass is 324 g/mol. The minimum atomic E-state index is -0.270. The zero-order chi connectivity index (χ0) is 17.2. The van der Waals surface area contributed by atoms with Crippen LogP contribution in [0, 0.1) is 0 Å². The highest BCUT2D eigenvalue weighted by Crippen LogP contribution is 2.15. The molecular formula is C19H24N4O. The third-order valence-corrected chi connectivity index (χ3v) is 3.55. The lowest BCUT2D eigenvalue weighted by Gasteiger charge is -2.23. The lowest BCUT2D eigenvalue weighted by Crippen LogP contribution is -2.24. The predicted octanol–water partition coefficient (Wildman–Crippen LogP) is 3.47. The lowest BCUT2D eigenvalue weighted by atomic mass is 10.2. The van der Waals surface area contributed by atoms with Gasteiger partial charge in [-0.05, 0) is 42.7 Å². The Kier molecular flexibility index (Phi) is 6.95. The van der Waals surface area contributed by atoms with Gasteiger partial charge in [-0.2, -0.15) is 5.10 Å². The van der Waals surface area contributed by atoms with Gasteiger partial charge in [-0.15, -0.1) is 0 Å². The molecule has 0 fully saturated rings. The number of hydrogen-bond donors (Lipinski definition) is 1. The number of rotatable bonds is 8. The first-order valence-electron chi connectivity index (χ1n) is 8.33. The van der Waals surface area contributed by atoms with Crippen LogP contribution >= 0.6 is 0 Å².